The van der Waals surface area contributed by atoms with Crippen LogP contribution in [0, 0.1) is 5.92 Å². The van der Waals surface area contributed by atoms with Crippen LogP contribution in [0.3, 0.4) is 0 Å². The molecule has 1 nitrogen and oxygen atoms in total. The van der Waals surface area contributed by atoms with Gasteiger partial charge in [0.1, 0.15) is 0 Å². The van der Waals surface area contributed by atoms with Gasteiger partial charge in [-0.3, -0.25) is 0 Å². The van der Waals surface area contributed by atoms with Crippen molar-refractivity contribution >= 4 is 0 Å². The van der Waals surface area contributed by atoms with Gasteiger partial charge in [-0.1, -0.05) is 20.3 Å². The lowest BCUT2D eigenvalue weighted by molar-refractivity contribution is 0.146. The molecule has 0 saturated carbocycles. The minimum atomic E-state index is 0.847. The first-order chi connectivity index (χ1) is 4.81. The smallest absolute Gasteiger partial charge is 0.0471 e. The van der Waals surface area contributed by atoms with Crippen LogP contribution < -0.4 is 0 Å². The molecule has 0 aromatic carbocycles. The van der Waals surface area contributed by atoms with E-state index in [9.17, 15) is 0 Å². The fourth-order valence-electron chi connectivity index (χ4n) is 0.943. The second kappa shape index (κ2) is 7.07. The minimum absolute atomic E-state index is 0.847. The molecule has 0 aliphatic rings. The highest BCUT2D eigenvalue weighted by atomic mass is 16.5. The van der Waals surface area contributed by atoms with E-state index in [0.29, 0.717) is 0 Å². The molecule has 0 spiro atoms. The summed E-state index contributed by atoms with van der Waals surface area (Å²) in [4.78, 5) is 0. The summed E-state index contributed by atoms with van der Waals surface area (Å²) in [6.07, 6.45) is 3.66. The van der Waals surface area contributed by atoms with Crippen molar-refractivity contribution in [1.29, 1.82) is 0 Å². The Morgan fingerprint density at radius 2 is 1.90 bits per heavy atom. The first kappa shape index (κ1) is 9.96. The topological polar surface area (TPSA) is 9.23 Å². The van der Waals surface area contributed by atoms with Crippen molar-refractivity contribution in [3.8, 4) is 0 Å². The summed E-state index contributed by atoms with van der Waals surface area (Å²) in [6, 6.07) is 0. The zero-order valence-electron chi connectivity index (χ0n) is 7.44. The maximum atomic E-state index is 5.23. The van der Waals surface area contributed by atoms with Crippen LogP contribution in [0.25, 0.3) is 0 Å². The van der Waals surface area contributed by atoms with Gasteiger partial charge in [-0.25, -0.2) is 0 Å². The van der Waals surface area contributed by atoms with Crippen LogP contribution in [0.4, 0.5) is 0 Å². The Kier molecular flexibility index (Phi) is 7.04. The van der Waals surface area contributed by atoms with Gasteiger partial charge >= 0.3 is 0 Å². The Bertz CT molecular complexity index is 61.7. The summed E-state index contributed by atoms with van der Waals surface area (Å²) in [5.74, 6) is 1.57. The van der Waals surface area contributed by atoms with Gasteiger partial charge in [-0.15, -0.1) is 0 Å². The number of hydrogen-bond acceptors (Lipinski definition) is 1. The third-order valence-corrected chi connectivity index (χ3v) is 1.55. The molecule has 0 aromatic rings. The average molecular weight is 143 g/mol. The molecular weight excluding hydrogens is 124 g/mol. The first-order valence-electron chi connectivity index (χ1n) is 4.20. The van der Waals surface area contributed by atoms with Gasteiger partial charge < -0.3 is 4.74 Å². The van der Waals surface area contributed by atoms with Crippen molar-refractivity contribution in [3.63, 3.8) is 0 Å². The molecule has 10 heavy (non-hydrogen) atoms. The van der Waals surface area contributed by atoms with Gasteiger partial charge in [0.15, 0.2) is 0 Å². The summed E-state index contributed by atoms with van der Waals surface area (Å²) >= 11 is 0. The molecule has 1 heteroatoms. The highest BCUT2D eigenvalue weighted by Gasteiger charge is 1.99. The summed E-state index contributed by atoms with van der Waals surface area (Å²) in [7, 11) is 0. The van der Waals surface area contributed by atoms with E-state index in [1.165, 1.54) is 12.8 Å². The van der Waals surface area contributed by atoms with E-state index >= 15 is 0 Å². The monoisotopic (exact) mass is 143 g/mol. The lowest BCUT2D eigenvalue weighted by Crippen LogP contribution is -1.99. The zero-order valence-corrected chi connectivity index (χ0v) is 7.44. The quantitative estimate of drug-likeness (QED) is 0.519. The van der Waals surface area contributed by atoms with Gasteiger partial charge in [0.05, 0.1) is 0 Å². The molecule has 0 saturated heterocycles. The Labute approximate surface area is 64.8 Å². The molecule has 1 radical (unpaired) electrons. The van der Waals surface area contributed by atoms with E-state index in [4.69, 9.17) is 4.74 Å². The predicted molar refractivity (Wildman–Crippen MR) is 44.9 cm³/mol. The molecule has 0 amide bonds. The third kappa shape index (κ3) is 6.09. The summed E-state index contributed by atoms with van der Waals surface area (Å²) in [5, 5.41) is 0. The van der Waals surface area contributed by atoms with Crippen LogP contribution in [0.2, 0.25) is 0 Å². The standard InChI is InChI=1S/C9H19O/c1-4-6-9(3)7-8-10-5-2/h4-8H2,1-3H3. The Morgan fingerprint density at radius 3 is 2.40 bits per heavy atom. The van der Waals surface area contributed by atoms with Gasteiger partial charge in [0.2, 0.25) is 0 Å². The molecule has 0 bridgehead atoms. The maximum Gasteiger partial charge on any atom is 0.0471 e. The molecule has 0 atom stereocenters. The number of rotatable bonds is 6. The van der Waals surface area contributed by atoms with Crippen LogP contribution in [0.1, 0.15) is 40.0 Å². The molecule has 0 unspecified atom stereocenters. The van der Waals surface area contributed by atoms with Gasteiger partial charge in [-0.05, 0) is 25.7 Å². The predicted octanol–water partition coefficient (Wildman–Crippen LogP) is 2.81. The Balaban J connectivity index is 2.97. The fourth-order valence-corrected chi connectivity index (χ4v) is 0.943. The summed E-state index contributed by atoms with van der Waals surface area (Å²) in [6.45, 7) is 8.21. The highest BCUT2D eigenvalue weighted by Crippen LogP contribution is 2.11. The zero-order chi connectivity index (χ0) is 7.82. The van der Waals surface area contributed by atoms with Gasteiger partial charge in [-0.2, -0.15) is 0 Å². The third-order valence-electron chi connectivity index (χ3n) is 1.55. The van der Waals surface area contributed by atoms with Crippen molar-refractivity contribution in [1.82, 2.24) is 0 Å². The number of hydrogen-bond donors (Lipinski definition) is 0. The van der Waals surface area contributed by atoms with E-state index in [-0.39, 0.29) is 0 Å². The van der Waals surface area contributed by atoms with Crippen LogP contribution in [0.15, 0.2) is 0 Å². The van der Waals surface area contributed by atoms with Crippen molar-refractivity contribution < 1.29 is 4.74 Å². The van der Waals surface area contributed by atoms with E-state index in [0.717, 1.165) is 19.6 Å². The molecule has 0 aliphatic heterocycles. The molecule has 0 aromatic heterocycles. The SMILES string of the molecule is CCC[C](C)CCOCC. The molecule has 0 heterocycles. The van der Waals surface area contributed by atoms with E-state index in [2.05, 4.69) is 13.8 Å². The van der Waals surface area contributed by atoms with Crippen molar-refractivity contribution in [3.05, 3.63) is 5.92 Å². The molecule has 0 aliphatic carbocycles. The summed E-state index contributed by atoms with van der Waals surface area (Å²) < 4.78 is 5.23. The lowest BCUT2D eigenvalue weighted by Gasteiger charge is -2.07. The normalized spacial score (nSPS) is 10.8. The fraction of sp³-hybridized carbons (Fsp3) is 0.889. The molecule has 0 rings (SSSR count). The Hall–Kier alpha value is -0.0400. The molecule has 61 valence electrons. The van der Waals surface area contributed by atoms with Crippen molar-refractivity contribution in [2.75, 3.05) is 13.2 Å². The van der Waals surface area contributed by atoms with Crippen LogP contribution in [-0.4, -0.2) is 13.2 Å². The molecular formula is C9H19O. The minimum Gasteiger partial charge on any atom is -0.382 e. The van der Waals surface area contributed by atoms with Gasteiger partial charge in [0, 0.05) is 13.2 Å². The second-order valence-electron chi connectivity index (χ2n) is 2.65. The average Bonchev–Trinajstić information content (AvgIpc) is 1.89. The summed E-state index contributed by atoms with van der Waals surface area (Å²) in [5.41, 5.74) is 0. The van der Waals surface area contributed by atoms with Crippen LogP contribution >= 0.6 is 0 Å². The van der Waals surface area contributed by atoms with E-state index in [1.807, 2.05) is 6.92 Å². The largest absolute Gasteiger partial charge is 0.382 e. The lowest BCUT2D eigenvalue weighted by atomic mass is 10.0. The first-order valence-corrected chi connectivity index (χ1v) is 4.20. The molecule has 0 fully saturated rings. The van der Waals surface area contributed by atoms with E-state index in [1.54, 1.807) is 5.92 Å². The number of ether oxygens (including phenoxy) is 1. The van der Waals surface area contributed by atoms with E-state index < -0.39 is 0 Å². The second-order valence-corrected chi connectivity index (χ2v) is 2.65. The Morgan fingerprint density at radius 1 is 1.20 bits per heavy atom. The maximum absolute atomic E-state index is 5.23. The molecule has 0 N–H and O–H groups in total. The van der Waals surface area contributed by atoms with Crippen molar-refractivity contribution in [2.24, 2.45) is 0 Å². The van der Waals surface area contributed by atoms with Crippen LogP contribution in [-0.2, 0) is 4.74 Å². The van der Waals surface area contributed by atoms with Gasteiger partial charge in [0.25, 0.3) is 0 Å². The van der Waals surface area contributed by atoms with Crippen LogP contribution in [0.5, 0.6) is 0 Å². The van der Waals surface area contributed by atoms with Crippen molar-refractivity contribution in [2.45, 2.75) is 40.0 Å². The highest BCUT2D eigenvalue weighted by molar-refractivity contribution is 4.82.